The number of anilines is 1. The van der Waals surface area contributed by atoms with Gasteiger partial charge in [-0.05, 0) is 17.8 Å². The molecule has 2 aromatic rings. The summed E-state index contributed by atoms with van der Waals surface area (Å²) in [6.07, 6.45) is -4.55. The quantitative estimate of drug-likeness (QED) is 0.444. The molecular formula is C16H14F3N3O3S. The zero-order valence-electron chi connectivity index (χ0n) is 13.2. The minimum atomic E-state index is -4.55. The first-order valence-electron chi connectivity index (χ1n) is 7.31. The van der Waals surface area contributed by atoms with Crippen LogP contribution in [0.3, 0.4) is 0 Å². The van der Waals surface area contributed by atoms with E-state index in [1.54, 1.807) is 0 Å². The van der Waals surface area contributed by atoms with E-state index in [1.807, 2.05) is 30.3 Å². The number of nitro benzene ring substituents is 1. The summed E-state index contributed by atoms with van der Waals surface area (Å²) in [6, 6.07) is 12.6. The van der Waals surface area contributed by atoms with E-state index in [0.717, 1.165) is 17.7 Å². The van der Waals surface area contributed by atoms with Crippen LogP contribution in [0.1, 0.15) is 5.56 Å². The number of nitro groups is 1. The Bertz CT molecular complexity index is 785. The molecule has 0 aliphatic carbocycles. The number of rotatable bonds is 6. The fourth-order valence-electron chi connectivity index (χ4n) is 1.96. The van der Waals surface area contributed by atoms with E-state index in [1.165, 1.54) is 6.07 Å². The maximum atomic E-state index is 12.3. The Kier molecular flexibility index (Phi) is 6.34. The van der Waals surface area contributed by atoms with Crippen LogP contribution in [0.15, 0.2) is 48.5 Å². The number of hydrogen-bond donors (Lipinski definition) is 2. The minimum Gasteiger partial charge on any atom is -0.484 e. The molecule has 0 radical (unpaired) electrons. The predicted molar refractivity (Wildman–Crippen MR) is 94.1 cm³/mol. The van der Waals surface area contributed by atoms with Gasteiger partial charge in [-0.3, -0.25) is 10.1 Å². The largest absolute Gasteiger partial charge is 0.484 e. The van der Waals surface area contributed by atoms with Crippen molar-refractivity contribution in [2.45, 2.75) is 12.7 Å². The van der Waals surface area contributed by atoms with E-state index in [0.29, 0.717) is 6.54 Å². The number of ether oxygens (including phenoxy) is 1. The number of thiocarbonyl (C=S) groups is 1. The van der Waals surface area contributed by atoms with Crippen LogP contribution in [-0.2, 0) is 6.54 Å². The van der Waals surface area contributed by atoms with E-state index in [2.05, 4.69) is 15.4 Å². The second-order valence-corrected chi connectivity index (χ2v) is 5.58. The third-order valence-corrected chi connectivity index (χ3v) is 3.30. The lowest BCUT2D eigenvalue weighted by Crippen LogP contribution is -2.27. The van der Waals surface area contributed by atoms with Crippen LogP contribution in [0, 0.1) is 10.1 Å². The third-order valence-electron chi connectivity index (χ3n) is 3.06. The first-order chi connectivity index (χ1) is 12.2. The number of hydrogen-bond acceptors (Lipinski definition) is 4. The molecule has 0 spiro atoms. The van der Waals surface area contributed by atoms with E-state index in [4.69, 9.17) is 12.2 Å². The summed E-state index contributed by atoms with van der Waals surface area (Å²) in [5.74, 6) is -0.287. The van der Waals surface area contributed by atoms with Crippen molar-refractivity contribution in [3.8, 4) is 5.75 Å². The summed E-state index contributed by atoms with van der Waals surface area (Å²) in [6.45, 7) is -1.14. The molecule has 0 aromatic heterocycles. The second-order valence-electron chi connectivity index (χ2n) is 5.17. The van der Waals surface area contributed by atoms with E-state index >= 15 is 0 Å². The fourth-order valence-corrected chi connectivity index (χ4v) is 2.15. The maximum Gasteiger partial charge on any atom is 0.422 e. The predicted octanol–water partition coefficient (Wildman–Crippen LogP) is 4.02. The normalized spacial score (nSPS) is 10.9. The van der Waals surface area contributed by atoms with Gasteiger partial charge in [0, 0.05) is 18.7 Å². The number of alkyl halides is 3. The molecular weight excluding hydrogens is 371 g/mol. The molecule has 2 N–H and O–H groups in total. The van der Waals surface area contributed by atoms with Crippen LogP contribution in [0.4, 0.5) is 24.5 Å². The van der Waals surface area contributed by atoms with Gasteiger partial charge in [0.15, 0.2) is 11.7 Å². The standard InChI is InChI=1S/C16H14F3N3O3S/c17-16(18,19)10-25-14-7-12(6-13(8-14)22(23)24)21-15(26)20-9-11-4-2-1-3-5-11/h1-8H,9-10H2,(H2,20,21,26). The average molecular weight is 385 g/mol. The first kappa shape index (κ1) is 19.4. The van der Waals surface area contributed by atoms with Crippen molar-refractivity contribution in [3.63, 3.8) is 0 Å². The van der Waals surface area contributed by atoms with E-state index < -0.39 is 23.4 Å². The Balaban J connectivity index is 2.05. The number of halogens is 3. The average Bonchev–Trinajstić information content (AvgIpc) is 2.58. The number of non-ortho nitro benzene ring substituents is 1. The van der Waals surface area contributed by atoms with E-state index in [-0.39, 0.29) is 16.5 Å². The van der Waals surface area contributed by atoms with Gasteiger partial charge >= 0.3 is 6.18 Å². The molecule has 10 heteroatoms. The van der Waals surface area contributed by atoms with Gasteiger partial charge in [0.1, 0.15) is 5.75 Å². The monoisotopic (exact) mass is 385 g/mol. The van der Waals surface area contributed by atoms with Gasteiger partial charge in [0.05, 0.1) is 16.7 Å². The number of benzene rings is 2. The Morgan fingerprint density at radius 2 is 1.88 bits per heavy atom. The lowest BCUT2D eigenvalue weighted by Gasteiger charge is -2.13. The summed E-state index contributed by atoms with van der Waals surface area (Å²) >= 11 is 5.10. The van der Waals surface area contributed by atoms with Crippen LogP contribution in [0.5, 0.6) is 5.75 Å². The van der Waals surface area contributed by atoms with Gasteiger partial charge in [-0.1, -0.05) is 30.3 Å². The molecule has 6 nitrogen and oxygen atoms in total. The molecule has 26 heavy (non-hydrogen) atoms. The van der Waals surface area contributed by atoms with Gasteiger partial charge in [-0.25, -0.2) is 0 Å². The molecule has 0 aliphatic rings. The molecule has 0 amide bonds. The number of nitrogens with one attached hydrogen (secondary N) is 2. The summed E-state index contributed by atoms with van der Waals surface area (Å²) in [4.78, 5) is 10.2. The Morgan fingerprint density at radius 3 is 2.50 bits per heavy atom. The van der Waals surface area contributed by atoms with Crippen molar-refractivity contribution in [2.75, 3.05) is 11.9 Å². The first-order valence-corrected chi connectivity index (χ1v) is 7.71. The van der Waals surface area contributed by atoms with Crippen LogP contribution in [0.25, 0.3) is 0 Å². The zero-order valence-corrected chi connectivity index (χ0v) is 14.1. The molecule has 0 aliphatic heterocycles. The molecule has 2 rings (SSSR count). The van der Waals surface area contributed by atoms with Crippen molar-refractivity contribution in [1.29, 1.82) is 0 Å². The highest BCUT2D eigenvalue weighted by Gasteiger charge is 2.28. The summed E-state index contributed by atoms with van der Waals surface area (Å²) < 4.78 is 41.4. The summed E-state index contributed by atoms with van der Waals surface area (Å²) in [5, 5.41) is 16.7. The van der Waals surface area contributed by atoms with E-state index in [9.17, 15) is 23.3 Å². The summed E-state index contributed by atoms with van der Waals surface area (Å²) in [7, 11) is 0. The SMILES string of the molecule is O=[N+]([O-])c1cc(NC(=S)NCc2ccccc2)cc(OCC(F)(F)F)c1. The zero-order chi connectivity index (χ0) is 19.2. The van der Waals surface area contributed by atoms with Gasteiger partial charge in [0.2, 0.25) is 0 Å². The van der Waals surface area contributed by atoms with Crippen molar-refractivity contribution >= 4 is 28.7 Å². The Morgan fingerprint density at radius 1 is 1.19 bits per heavy atom. The Labute approximate surface area is 152 Å². The molecule has 0 saturated heterocycles. The molecule has 0 saturated carbocycles. The molecule has 0 bridgehead atoms. The van der Waals surface area contributed by atoms with Crippen LogP contribution in [-0.4, -0.2) is 22.8 Å². The highest BCUT2D eigenvalue weighted by molar-refractivity contribution is 7.80. The molecule has 138 valence electrons. The molecule has 0 unspecified atom stereocenters. The molecule has 2 aromatic carbocycles. The topological polar surface area (TPSA) is 76.4 Å². The van der Waals surface area contributed by atoms with Crippen molar-refractivity contribution in [2.24, 2.45) is 0 Å². The van der Waals surface area contributed by atoms with Crippen LogP contribution < -0.4 is 15.4 Å². The van der Waals surface area contributed by atoms with Gasteiger partial charge in [0.25, 0.3) is 5.69 Å². The molecule has 0 fully saturated rings. The highest BCUT2D eigenvalue weighted by Crippen LogP contribution is 2.27. The van der Waals surface area contributed by atoms with Crippen molar-refractivity contribution < 1.29 is 22.8 Å². The maximum absolute atomic E-state index is 12.3. The minimum absolute atomic E-state index is 0.141. The van der Waals surface area contributed by atoms with Gasteiger partial charge in [-0.15, -0.1) is 0 Å². The highest BCUT2D eigenvalue weighted by atomic mass is 32.1. The Hall–Kier alpha value is -2.88. The second kappa shape index (κ2) is 8.48. The third kappa shape index (κ3) is 6.55. The lowest BCUT2D eigenvalue weighted by atomic mass is 10.2. The summed E-state index contributed by atoms with van der Waals surface area (Å²) in [5.41, 5.74) is 0.685. The van der Waals surface area contributed by atoms with Gasteiger partial charge < -0.3 is 15.4 Å². The van der Waals surface area contributed by atoms with Crippen LogP contribution in [0.2, 0.25) is 0 Å². The molecule has 0 atom stereocenters. The lowest BCUT2D eigenvalue weighted by molar-refractivity contribution is -0.384. The fraction of sp³-hybridized carbons (Fsp3) is 0.188. The van der Waals surface area contributed by atoms with Crippen LogP contribution >= 0.6 is 12.2 Å². The van der Waals surface area contributed by atoms with Crippen molar-refractivity contribution in [1.82, 2.24) is 5.32 Å². The number of nitrogens with zero attached hydrogens (tertiary/aromatic N) is 1. The smallest absolute Gasteiger partial charge is 0.422 e. The van der Waals surface area contributed by atoms with Gasteiger partial charge in [-0.2, -0.15) is 13.2 Å². The van der Waals surface area contributed by atoms with Crippen molar-refractivity contribution in [3.05, 3.63) is 64.2 Å². The molecule has 0 heterocycles.